The predicted octanol–water partition coefficient (Wildman–Crippen LogP) is 2.27. The summed E-state index contributed by atoms with van der Waals surface area (Å²) in [6.45, 7) is 0. The highest BCUT2D eigenvalue weighted by Gasteiger charge is 2.22. The number of esters is 1. The molecule has 0 saturated carbocycles. The number of aromatic nitrogens is 2. The Balaban J connectivity index is 2.32. The van der Waals surface area contributed by atoms with Gasteiger partial charge < -0.3 is 19.8 Å². The molecule has 1 aromatic carbocycles. The van der Waals surface area contributed by atoms with Gasteiger partial charge in [0.1, 0.15) is 11.8 Å². The molecule has 3 aromatic rings. The van der Waals surface area contributed by atoms with Gasteiger partial charge >= 0.3 is 5.97 Å². The van der Waals surface area contributed by atoms with Crippen molar-refractivity contribution in [2.24, 2.45) is 0 Å². The Labute approximate surface area is 137 Å². The molecule has 120 valence electrons. The Bertz CT molecular complexity index is 985. The lowest BCUT2D eigenvalue weighted by Crippen LogP contribution is -2.11. The van der Waals surface area contributed by atoms with Crippen LogP contribution in [0.5, 0.6) is 5.75 Å². The summed E-state index contributed by atoms with van der Waals surface area (Å²) < 4.78 is 11.5. The van der Waals surface area contributed by atoms with Gasteiger partial charge in [-0.25, -0.2) is 4.79 Å². The van der Waals surface area contributed by atoms with E-state index in [2.05, 4.69) is 4.98 Å². The topological polar surface area (TPSA) is 103 Å². The monoisotopic (exact) mass is 322 g/mol. The molecule has 0 bridgehead atoms. The number of nitrogens with two attached hydrogens (primary N) is 1. The van der Waals surface area contributed by atoms with E-state index in [1.54, 1.807) is 19.4 Å². The number of pyridine rings is 1. The first-order chi connectivity index (χ1) is 11.6. The first kappa shape index (κ1) is 15.4. The Hall–Kier alpha value is -3.53. The summed E-state index contributed by atoms with van der Waals surface area (Å²) in [6, 6.07) is 9.30. The molecule has 0 spiro atoms. The van der Waals surface area contributed by atoms with Gasteiger partial charge in [0.2, 0.25) is 0 Å². The normalized spacial score (nSPS) is 10.4. The largest absolute Gasteiger partial charge is 0.495 e. The fourth-order valence-corrected chi connectivity index (χ4v) is 2.54. The molecular formula is C17H14N4O3. The lowest BCUT2D eigenvalue weighted by atomic mass is 10.2. The zero-order valence-corrected chi connectivity index (χ0v) is 13.1. The summed E-state index contributed by atoms with van der Waals surface area (Å²) in [5, 5.41) is 10.0. The molecular weight excluding hydrogens is 308 g/mol. The zero-order chi connectivity index (χ0) is 17.3. The van der Waals surface area contributed by atoms with Gasteiger partial charge in [-0.15, -0.1) is 0 Å². The number of nitrogens with zero attached hydrogens (tertiary/aromatic N) is 3. The summed E-state index contributed by atoms with van der Waals surface area (Å²) >= 11 is 0. The number of benzene rings is 1. The SMILES string of the molecule is COC(=O)c1c(N)c(C#N)cn1-c1cccc2cc(OC)cnc12. The molecule has 0 atom stereocenters. The van der Waals surface area contributed by atoms with Gasteiger partial charge in [-0.1, -0.05) is 12.1 Å². The molecule has 0 radical (unpaired) electrons. The minimum atomic E-state index is -0.625. The Kier molecular flexibility index (Phi) is 3.80. The number of hydrogen-bond donors (Lipinski definition) is 1. The molecule has 24 heavy (non-hydrogen) atoms. The Morgan fingerprint density at radius 3 is 2.83 bits per heavy atom. The lowest BCUT2D eigenvalue weighted by Gasteiger charge is -2.11. The van der Waals surface area contributed by atoms with Crippen LogP contribution in [0.3, 0.4) is 0 Å². The van der Waals surface area contributed by atoms with Crippen LogP contribution >= 0.6 is 0 Å². The molecule has 3 rings (SSSR count). The maximum absolute atomic E-state index is 12.1. The van der Waals surface area contributed by atoms with Crippen LogP contribution in [-0.2, 0) is 4.74 Å². The summed E-state index contributed by atoms with van der Waals surface area (Å²) in [5.41, 5.74) is 7.56. The molecule has 0 fully saturated rings. The second-order valence-corrected chi connectivity index (χ2v) is 5.00. The summed E-state index contributed by atoms with van der Waals surface area (Å²) in [7, 11) is 2.82. The summed E-state index contributed by atoms with van der Waals surface area (Å²) in [6.07, 6.45) is 3.09. The van der Waals surface area contributed by atoms with Gasteiger partial charge in [0.05, 0.1) is 42.9 Å². The maximum Gasteiger partial charge on any atom is 0.357 e. The van der Waals surface area contributed by atoms with Gasteiger partial charge in [-0.2, -0.15) is 5.26 Å². The van der Waals surface area contributed by atoms with Crippen molar-refractivity contribution in [2.75, 3.05) is 20.0 Å². The lowest BCUT2D eigenvalue weighted by molar-refractivity contribution is 0.0593. The second-order valence-electron chi connectivity index (χ2n) is 5.00. The van der Waals surface area contributed by atoms with Crippen molar-refractivity contribution in [2.45, 2.75) is 0 Å². The average Bonchev–Trinajstić information content (AvgIpc) is 2.96. The fraction of sp³-hybridized carbons (Fsp3) is 0.118. The Morgan fingerprint density at radius 1 is 1.38 bits per heavy atom. The van der Waals surface area contributed by atoms with E-state index >= 15 is 0 Å². The molecule has 7 nitrogen and oxygen atoms in total. The van der Waals surface area contributed by atoms with Gasteiger partial charge in [0.25, 0.3) is 0 Å². The minimum Gasteiger partial charge on any atom is -0.495 e. The molecule has 7 heteroatoms. The highest BCUT2D eigenvalue weighted by Crippen LogP contribution is 2.29. The quantitative estimate of drug-likeness (QED) is 0.742. The number of ether oxygens (including phenoxy) is 2. The van der Waals surface area contributed by atoms with E-state index in [0.717, 1.165) is 5.39 Å². The number of methoxy groups -OCH3 is 2. The predicted molar refractivity (Wildman–Crippen MR) is 88.1 cm³/mol. The third kappa shape index (κ3) is 2.30. The van der Waals surface area contributed by atoms with Crippen LogP contribution in [0.2, 0.25) is 0 Å². The summed E-state index contributed by atoms with van der Waals surface area (Å²) in [4.78, 5) is 16.5. The van der Waals surface area contributed by atoms with E-state index in [-0.39, 0.29) is 16.9 Å². The highest BCUT2D eigenvalue weighted by molar-refractivity contribution is 5.97. The van der Waals surface area contributed by atoms with E-state index in [1.165, 1.54) is 17.9 Å². The van der Waals surface area contributed by atoms with E-state index in [9.17, 15) is 10.1 Å². The van der Waals surface area contributed by atoms with Crippen LogP contribution in [-0.4, -0.2) is 29.7 Å². The molecule has 0 aliphatic heterocycles. The van der Waals surface area contributed by atoms with E-state index < -0.39 is 5.97 Å². The zero-order valence-electron chi connectivity index (χ0n) is 13.1. The van der Waals surface area contributed by atoms with Gasteiger partial charge in [0, 0.05) is 11.6 Å². The van der Waals surface area contributed by atoms with Gasteiger partial charge in [0.15, 0.2) is 5.69 Å². The maximum atomic E-state index is 12.1. The molecule has 2 aromatic heterocycles. The first-order valence-electron chi connectivity index (χ1n) is 7.03. The molecule has 0 aliphatic rings. The molecule has 0 amide bonds. The molecule has 0 aliphatic carbocycles. The van der Waals surface area contributed by atoms with Crippen LogP contribution in [0, 0.1) is 11.3 Å². The third-order valence-corrected chi connectivity index (χ3v) is 3.70. The van der Waals surface area contributed by atoms with Crippen LogP contribution in [0.1, 0.15) is 16.1 Å². The van der Waals surface area contributed by atoms with Crippen molar-refractivity contribution in [1.29, 1.82) is 5.26 Å². The Morgan fingerprint density at radius 2 is 2.17 bits per heavy atom. The van der Waals surface area contributed by atoms with Crippen LogP contribution in [0.15, 0.2) is 36.7 Å². The van der Waals surface area contributed by atoms with Gasteiger partial charge in [-0.3, -0.25) is 4.98 Å². The molecule has 0 saturated heterocycles. The third-order valence-electron chi connectivity index (χ3n) is 3.70. The van der Waals surface area contributed by atoms with E-state index in [4.69, 9.17) is 15.2 Å². The van der Waals surface area contributed by atoms with Crippen molar-refractivity contribution in [1.82, 2.24) is 9.55 Å². The standard InChI is InChI=1S/C17H14N4O3/c1-23-12-6-10-4-3-5-13(15(10)20-8-12)21-9-11(7-18)14(19)16(21)17(22)24-2/h3-6,8-9H,19H2,1-2H3. The van der Waals surface area contributed by atoms with Crippen molar-refractivity contribution in [3.05, 3.63) is 47.9 Å². The second kappa shape index (κ2) is 5.93. The van der Waals surface area contributed by atoms with E-state index in [1.807, 2.05) is 24.3 Å². The van der Waals surface area contributed by atoms with Crippen molar-refractivity contribution in [3.8, 4) is 17.5 Å². The van der Waals surface area contributed by atoms with E-state index in [0.29, 0.717) is 17.0 Å². The average molecular weight is 322 g/mol. The van der Waals surface area contributed by atoms with Gasteiger partial charge in [-0.05, 0) is 12.1 Å². The number of nitrogen functional groups attached to an aromatic ring is 1. The van der Waals surface area contributed by atoms with Crippen molar-refractivity contribution < 1.29 is 14.3 Å². The first-order valence-corrected chi connectivity index (χ1v) is 7.03. The number of fused-ring (bicyclic) bond motifs is 1. The van der Waals surface area contributed by atoms with Crippen molar-refractivity contribution >= 4 is 22.6 Å². The molecule has 2 N–H and O–H groups in total. The molecule has 2 heterocycles. The number of nitriles is 1. The van der Waals surface area contributed by atoms with Crippen LogP contribution < -0.4 is 10.5 Å². The summed E-state index contributed by atoms with van der Waals surface area (Å²) in [5.74, 6) is -0.00269. The van der Waals surface area contributed by atoms with Crippen molar-refractivity contribution in [3.63, 3.8) is 0 Å². The number of rotatable bonds is 3. The molecule has 0 unspecified atom stereocenters. The fourth-order valence-electron chi connectivity index (χ4n) is 2.54. The number of para-hydroxylation sites is 1. The van der Waals surface area contributed by atoms with Crippen LogP contribution in [0.4, 0.5) is 5.69 Å². The number of hydrogen-bond acceptors (Lipinski definition) is 6. The van der Waals surface area contributed by atoms with Crippen LogP contribution in [0.25, 0.3) is 16.6 Å². The number of anilines is 1. The minimum absolute atomic E-state index is 0.0786. The highest BCUT2D eigenvalue weighted by atomic mass is 16.5. The smallest absolute Gasteiger partial charge is 0.357 e. The number of carbonyl (C=O) groups excluding carboxylic acids is 1. The number of carbonyl (C=O) groups is 1.